The molecule has 0 bridgehead atoms. The molecule has 2 N–H and O–H groups in total. The summed E-state index contributed by atoms with van der Waals surface area (Å²) in [5.41, 5.74) is 8.50. The van der Waals surface area contributed by atoms with Crippen molar-refractivity contribution in [2.75, 3.05) is 19.5 Å². The number of methoxy groups -OCH3 is 1. The van der Waals surface area contributed by atoms with E-state index in [-0.39, 0.29) is 12.0 Å². The Morgan fingerprint density at radius 1 is 0.871 bits per heavy atom. The summed E-state index contributed by atoms with van der Waals surface area (Å²) in [5, 5.41) is 0. The molecule has 4 heterocycles. The molecule has 11 nitrogen and oxygen atoms in total. The minimum Gasteiger partial charge on any atom is -0.479 e. The number of hydrogen-bond acceptors (Lipinski definition) is 9. The molecule has 0 amide bonds. The van der Waals surface area contributed by atoms with E-state index >= 15 is 0 Å². The van der Waals surface area contributed by atoms with E-state index in [1.807, 2.05) is 36.8 Å². The van der Waals surface area contributed by atoms with E-state index in [4.69, 9.17) is 15.2 Å². The minimum absolute atomic E-state index is 0.196. The van der Waals surface area contributed by atoms with Crippen molar-refractivity contribution < 1.29 is 9.47 Å². The molecule has 0 spiro atoms. The van der Waals surface area contributed by atoms with Crippen LogP contribution in [0.2, 0.25) is 0 Å². The van der Waals surface area contributed by atoms with E-state index < -0.39 is 0 Å². The molecule has 11 heteroatoms. The zero-order valence-corrected chi connectivity index (χ0v) is 19.0. The number of aryl methyl sites for hydroxylation is 1. The summed E-state index contributed by atoms with van der Waals surface area (Å²) in [6.07, 6.45) is 3.50. The molecular formula is C20H29N9O2. The van der Waals surface area contributed by atoms with Crippen LogP contribution in [0.15, 0.2) is 12.7 Å². The van der Waals surface area contributed by atoms with Crippen LogP contribution < -0.4 is 15.2 Å². The van der Waals surface area contributed by atoms with E-state index in [1.165, 1.54) is 7.11 Å². The maximum absolute atomic E-state index is 5.59. The third kappa shape index (κ3) is 4.49. The van der Waals surface area contributed by atoms with Crippen LogP contribution in [0, 0.1) is 6.92 Å². The second-order valence-electron chi connectivity index (χ2n) is 7.44. The largest absolute Gasteiger partial charge is 0.479 e. The number of anilines is 1. The number of aromatic nitrogens is 8. The SMILES string of the molecule is CCOc1nc(C)nc2c1ncn2C(C)C.COc1nc(N)nc2c1ncn2C(C)C. The van der Waals surface area contributed by atoms with Crippen molar-refractivity contribution in [2.24, 2.45) is 0 Å². The summed E-state index contributed by atoms with van der Waals surface area (Å²) in [4.78, 5) is 25.3. The van der Waals surface area contributed by atoms with Gasteiger partial charge in [0.25, 0.3) is 0 Å². The Kier molecular flexibility index (Phi) is 6.52. The summed E-state index contributed by atoms with van der Waals surface area (Å²) in [7, 11) is 1.54. The van der Waals surface area contributed by atoms with E-state index in [0.29, 0.717) is 41.4 Å². The van der Waals surface area contributed by atoms with Crippen LogP contribution in [0.1, 0.15) is 52.5 Å². The first-order valence-corrected chi connectivity index (χ1v) is 10.1. The topological polar surface area (TPSA) is 132 Å². The molecule has 0 saturated carbocycles. The number of nitrogen functional groups attached to an aromatic ring is 1. The highest BCUT2D eigenvalue weighted by molar-refractivity contribution is 5.77. The predicted molar refractivity (Wildman–Crippen MR) is 118 cm³/mol. The lowest BCUT2D eigenvalue weighted by Crippen LogP contribution is -2.03. The van der Waals surface area contributed by atoms with Gasteiger partial charge in [0, 0.05) is 12.1 Å². The molecular weight excluding hydrogens is 398 g/mol. The molecule has 4 aromatic rings. The molecule has 0 aliphatic rings. The zero-order valence-electron chi connectivity index (χ0n) is 19.0. The van der Waals surface area contributed by atoms with Crippen molar-refractivity contribution in [3.63, 3.8) is 0 Å². The van der Waals surface area contributed by atoms with Crippen LogP contribution in [0.25, 0.3) is 22.3 Å². The maximum atomic E-state index is 5.59. The quantitative estimate of drug-likeness (QED) is 0.510. The van der Waals surface area contributed by atoms with Crippen molar-refractivity contribution >= 4 is 28.3 Å². The van der Waals surface area contributed by atoms with Gasteiger partial charge in [-0.1, -0.05) is 0 Å². The van der Waals surface area contributed by atoms with E-state index in [9.17, 15) is 0 Å². The van der Waals surface area contributed by atoms with Crippen LogP contribution in [-0.2, 0) is 0 Å². The van der Waals surface area contributed by atoms with Crippen molar-refractivity contribution in [2.45, 2.75) is 53.6 Å². The summed E-state index contributed by atoms with van der Waals surface area (Å²) in [5.74, 6) is 1.89. The van der Waals surface area contributed by atoms with Gasteiger partial charge in [0.15, 0.2) is 22.3 Å². The van der Waals surface area contributed by atoms with E-state index in [1.54, 1.807) is 12.7 Å². The molecule has 4 aromatic heterocycles. The Morgan fingerprint density at radius 3 is 1.94 bits per heavy atom. The Balaban J connectivity index is 0.000000176. The van der Waals surface area contributed by atoms with Crippen LogP contribution in [-0.4, -0.2) is 52.8 Å². The highest BCUT2D eigenvalue weighted by atomic mass is 16.5. The van der Waals surface area contributed by atoms with Gasteiger partial charge in [-0.15, -0.1) is 0 Å². The first kappa shape index (κ1) is 22.2. The fraction of sp³-hybridized carbons (Fsp3) is 0.500. The number of imidazole rings is 2. The second-order valence-corrected chi connectivity index (χ2v) is 7.44. The van der Waals surface area contributed by atoms with Gasteiger partial charge < -0.3 is 24.3 Å². The Labute approximate surface area is 180 Å². The molecule has 0 atom stereocenters. The Morgan fingerprint density at radius 2 is 1.42 bits per heavy atom. The number of nitrogens with zero attached hydrogens (tertiary/aromatic N) is 8. The number of hydrogen-bond donors (Lipinski definition) is 1. The predicted octanol–water partition coefficient (Wildman–Crippen LogP) is 3.11. The number of ether oxygens (including phenoxy) is 2. The van der Waals surface area contributed by atoms with E-state index in [0.717, 1.165) is 11.2 Å². The van der Waals surface area contributed by atoms with Crippen molar-refractivity contribution in [1.29, 1.82) is 0 Å². The first-order valence-electron chi connectivity index (χ1n) is 10.1. The lowest BCUT2D eigenvalue weighted by Gasteiger charge is -2.08. The smallest absolute Gasteiger partial charge is 0.246 e. The molecule has 31 heavy (non-hydrogen) atoms. The highest BCUT2D eigenvalue weighted by Crippen LogP contribution is 2.24. The number of nitrogens with two attached hydrogens (primary N) is 1. The second kappa shape index (κ2) is 9.11. The van der Waals surface area contributed by atoms with Gasteiger partial charge in [-0.3, -0.25) is 0 Å². The van der Waals surface area contributed by atoms with Crippen LogP contribution in [0.3, 0.4) is 0 Å². The summed E-state index contributed by atoms with van der Waals surface area (Å²) < 4.78 is 14.5. The normalized spacial score (nSPS) is 11.3. The maximum Gasteiger partial charge on any atom is 0.246 e. The third-order valence-electron chi connectivity index (χ3n) is 4.50. The number of rotatable bonds is 5. The molecule has 0 aliphatic carbocycles. The molecule has 0 radical (unpaired) electrons. The summed E-state index contributed by atoms with van der Waals surface area (Å²) >= 11 is 0. The third-order valence-corrected chi connectivity index (χ3v) is 4.50. The van der Waals surface area contributed by atoms with Crippen LogP contribution >= 0.6 is 0 Å². The standard InChI is InChI=1S/C11H16N4O.C9H13N5O/c1-5-16-11-9-10(13-8(4)14-11)15(6-12-9)7(2)3;1-5(2)14-4-11-6-7(14)12-9(10)13-8(6)15-3/h6-7H,5H2,1-4H3;4-5H,1-3H3,(H2,10,12,13). The van der Waals surface area contributed by atoms with Crippen molar-refractivity contribution in [3.05, 3.63) is 18.5 Å². The van der Waals surface area contributed by atoms with Gasteiger partial charge in [0.1, 0.15) is 5.82 Å². The zero-order chi connectivity index (χ0) is 22.7. The highest BCUT2D eigenvalue weighted by Gasteiger charge is 2.14. The van der Waals surface area contributed by atoms with Gasteiger partial charge in [-0.25, -0.2) is 15.0 Å². The molecule has 0 aliphatic heterocycles. The minimum atomic E-state index is 0.196. The Hall–Kier alpha value is -3.50. The van der Waals surface area contributed by atoms with E-state index in [2.05, 4.69) is 43.8 Å². The molecule has 0 fully saturated rings. The van der Waals surface area contributed by atoms with Crippen LogP contribution in [0.5, 0.6) is 11.8 Å². The fourth-order valence-corrected chi connectivity index (χ4v) is 3.04. The van der Waals surface area contributed by atoms with Crippen molar-refractivity contribution in [1.82, 2.24) is 39.0 Å². The van der Waals surface area contributed by atoms with Crippen LogP contribution in [0.4, 0.5) is 5.95 Å². The van der Waals surface area contributed by atoms with Gasteiger partial charge in [-0.2, -0.15) is 15.0 Å². The van der Waals surface area contributed by atoms with Crippen molar-refractivity contribution in [3.8, 4) is 11.8 Å². The molecule has 4 rings (SSSR count). The average Bonchev–Trinajstić information content (AvgIpc) is 3.32. The lowest BCUT2D eigenvalue weighted by atomic mass is 10.4. The average molecular weight is 428 g/mol. The summed E-state index contributed by atoms with van der Waals surface area (Å²) in [6.45, 7) is 12.7. The fourth-order valence-electron chi connectivity index (χ4n) is 3.04. The first-order chi connectivity index (χ1) is 14.8. The Bertz CT molecular complexity index is 1180. The molecule has 0 aromatic carbocycles. The number of fused-ring (bicyclic) bond motifs is 2. The van der Waals surface area contributed by atoms with Gasteiger partial charge in [-0.05, 0) is 41.5 Å². The monoisotopic (exact) mass is 427 g/mol. The van der Waals surface area contributed by atoms with Gasteiger partial charge in [0.2, 0.25) is 17.7 Å². The molecule has 166 valence electrons. The van der Waals surface area contributed by atoms with Gasteiger partial charge in [0.05, 0.1) is 26.4 Å². The van der Waals surface area contributed by atoms with Gasteiger partial charge >= 0.3 is 0 Å². The lowest BCUT2D eigenvalue weighted by molar-refractivity contribution is 0.329. The molecule has 0 unspecified atom stereocenters. The summed E-state index contributed by atoms with van der Waals surface area (Å²) in [6, 6.07) is 0.600. The molecule has 0 saturated heterocycles.